The fourth-order valence-electron chi connectivity index (χ4n) is 2.81. The molecule has 1 fully saturated rings. The third-order valence-electron chi connectivity index (χ3n) is 4.16. The molecule has 1 saturated heterocycles. The summed E-state index contributed by atoms with van der Waals surface area (Å²) in [5.41, 5.74) is 6.87. The van der Waals surface area contributed by atoms with Crippen LogP contribution in [0.2, 0.25) is 0 Å². The van der Waals surface area contributed by atoms with E-state index in [2.05, 4.69) is 10.1 Å². The summed E-state index contributed by atoms with van der Waals surface area (Å²) >= 11 is 0. The third kappa shape index (κ3) is 3.92. The highest BCUT2D eigenvalue weighted by molar-refractivity contribution is 5.98. The van der Waals surface area contributed by atoms with Gasteiger partial charge >= 0.3 is 0 Å². The second-order valence-corrected chi connectivity index (χ2v) is 5.64. The number of piperidine rings is 1. The smallest absolute Gasteiger partial charge is 0.170 e. The normalized spacial score (nSPS) is 19.7. The van der Waals surface area contributed by atoms with E-state index in [-0.39, 0.29) is 11.9 Å². The number of benzene rings is 1. The number of halogens is 1. The number of aliphatic hydroxyl groups is 1. The minimum absolute atomic E-state index is 0.0802. The van der Waals surface area contributed by atoms with Crippen molar-refractivity contribution >= 4 is 5.84 Å². The lowest BCUT2D eigenvalue weighted by molar-refractivity contribution is 0.0695. The first-order valence-electron chi connectivity index (χ1n) is 7.18. The first kappa shape index (κ1) is 15.7. The number of amidine groups is 1. The zero-order valence-electron chi connectivity index (χ0n) is 12.2. The minimum Gasteiger partial charge on any atom is -0.409 e. The Kier molecular flexibility index (Phi) is 5.14. The molecule has 2 rings (SSSR count). The van der Waals surface area contributed by atoms with Crippen molar-refractivity contribution in [2.24, 2.45) is 16.8 Å². The van der Waals surface area contributed by atoms with Crippen LogP contribution >= 0.6 is 0 Å². The molecule has 1 aromatic rings. The fourth-order valence-corrected chi connectivity index (χ4v) is 2.81. The first-order chi connectivity index (χ1) is 10.0. The Balaban J connectivity index is 2.07. The molecule has 0 aromatic heterocycles. The van der Waals surface area contributed by atoms with Crippen LogP contribution in [0.5, 0.6) is 0 Å². The van der Waals surface area contributed by atoms with Gasteiger partial charge in [-0.2, -0.15) is 0 Å². The fraction of sp³-hybridized carbons (Fsp3) is 0.533. The Hall–Kier alpha value is -1.66. The lowest BCUT2D eigenvalue weighted by Crippen LogP contribution is -2.37. The number of nitrogens with zero attached hydrogens (tertiary/aromatic N) is 2. The summed E-state index contributed by atoms with van der Waals surface area (Å²) in [6, 6.07) is 4.34. The number of oxime groups is 1. The molecule has 4 N–H and O–H groups in total. The number of hydrogen-bond acceptors (Lipinski definition) is 4. The molecule has 1 heterocycles. The van der Waals surface area contributed by atoms with E-state index in [1.54, 1.807) is 6.07 Å². The molecular weight excluding hydrogens is 273 g/mol. The predicted molar refractivity (Wildman–Crippen MR) is 78.6 cm³/mol. The molecule has 1 aliphatic heterocycles. The van der Waals surface area contributed by atoms with Gasteiger partial charge in [0.2, 0.25) is 0 Å². The minimum atomic E-state index is -0.409. The molecule has 1 unspecified atom stereocenters. The van der Waals surface area contributed by atoms with Crippen LogP contribution in [0.4, 0.5) is 4.39 Å². The van der Waals surface area contributed by atoms with Gasteiger partial charge in [0, 0.05) is 12.1 Å². The first-order valence-corrected chi connectivity index (χ1v) is 7.18. The highest BCUT2D eigenvalue weighted by Crippen LogP contribution is 2.23. The van der Waals surface area contributed by atoms with Crippen LogP contribution in [0.1, 0.15) is 30.9 Å². The molecule has 21 heavy (non-hydrogen) atoms. The Bertz CT molecular complexity index is 512. The zero-order chi connectivity index (χ0) is 15.4. The van der Waals surface area contributed by atoms with Crippen molar-refractivity contribution in [2.45, 2.75) is 32.4 Å². The van der Waals surface area contributed by atoms with Crippen LogP contribution in [0.3, 0.4) is 0 Å². The summed E-state index contributed by atoms with van der Waals surface area (Å²) in [6.45, 7) is 4.21. The topological polar surface area (TPSA) is 82.1 Å². The van der Waals surface area contributed by atoms with E-state index in [0.717, 1.165) is 31.5 Å². The van der Waals surface area contributed by atoms with Gasteiger partial charge in [-0.25, -0.2) is 4.39 Å². The van der Waals surface area contributed by atoms with E-state index < -0.39 is 5.82 Å². The number of likely N-dealkylation sites (tertiary alicyclic amines) is 1. The summed E-state index contributed by atoms with van der Waals surface area (Å²) in [5.74, 6) is -0.144. The average molecular weight is 295 g/mol. The van der Waals surface area contributed by atoms with Gasteiger partial charge in [0.25, 0.3) is 0 Å². The van der Waals surface area contributed by atoms with Crippen LogP contribution in [0.25, 0.3) is 0 Å². The van der Waals surface area contributed by atoms with Crippen LogP contribution in [0, 0.1) is 11.7 Å². The highest BCUT2D eigenvalue weighted by Gasteiger charge is 2.23. The molecule has 1 aliphatic rings. The summed E-state index contributed by atoms with van der Waals surface area (Å²) in [5, 5.41) is 21.4. The molecule has 0 saturated carbocycles. The van der Waals surface area contributed by atoms with Crippen molar-refractivity contribution in [3.63, 3.8) is 0 Å². The predicted octanol–water partition coefficient (Wildman–Crippen LogP) is 1.51. The van der Waals surface area contributed by atoms with Crippen LogP contribution < -0.4 is 5.73 Å². The molecular formula is C15H22FN3O2. The standard InChI is InChI=1S/C15H22FN3O2/c1-10(20)11-4-6-19(7-5-11)9-12-2-3-13(16)8-14(12)15(17)18-21/h2-3,8,10-11,20-21H,4-7,9H2,1H3,(H2,17,18). The average Bonchev–Trinajstić information content (AvgIpc) is 2.48. The van der Waals surface area contributed by atoms with Gasteiger partial charge in [-0.15, -0.1) is 0 Å². The van der Waals surface area contributed by atoms with Crippen LogP contribution in [-0.4, -0.2) is 40.2 Å². The van der Waals surface area contributed by atoms with E-state index >= 15 is 0 Å². The van der Waals surface area contributed by atoms with Gasteiger partial charge in [0.05, 0.1) is 6.10 Å². The van der Waals surface area contributed by atoms with E-state index in [4.69, 9.17) is 10.9 Å². The van der Waals surface area contributed by atoms with E-state index in [1.165, 1.54) is 12.1 Å². The van der Waals surface area contributed by atoms with Gasteiger partial charge < -0.3 is 16.0 Å². The lowest BCUT2D eigenvalue weighted by Gasteiger charge is -2.33. The molecule has 1 atom stereocenters. The van der Waals surface area contributed by atoms with E-state index in [9.17, 15) is 9.50 Å². The van der Waals surface area contributed by atoms with Gasteiger partial charge in [0.15, 0.2) is 5.84 Å². The molecule has 0 amide bonds. The maximum absolute atomic E-state index is 13.3. The maximum Gasteiger partial charge on any atom is 0.170 e. The van der Waals surface area contributed by atoms with Gasteiger partial charge in [0.1, 0.15) is 5.82 Å². The van der Waals surface area contributed by atoms with Crippen molar-refractivity contribution in [2.75, 3.05) is 13.1 Å². The summed E-state index contributed by atoms with van der Waals surface area (Å²) < 4.78 is 13.3. The molecule has 116 valence electrons. The van der Waals surface area contributed by atoms with Crippen molar-refractivity contribution in [1.82, 2.24) is 4.90 Å². The van der Waals surface area contributed by atoms with Crippen molar-refractivity contribution in [3.05, 3.63) is 35.1 Å². The molecule has 0 bridgehead atoms. The summed E-state index contributed by atoms with van der Waals surface area (Å²) in [7, 11) is 0. The van der Waals surface area contributed by atoms with E-state index in [0.29, 0.717) is 18.0 Å². The second-order valence-electron chi connectivity index (χ2n) is 5.64. The van der Waals surface area contributed by atoms with Crippen molar-refractivity contribution < 1.29 is 14.7 Å². The van der Waals surface area contributed by atoms with Gasteiger partial charge in [-0.3, -0.25) is 4.90 Å². The quantitative estimate of drug-likeness (QED) is 0.340. The number of hydrogen-bond donors (Lipinski definition) is 3. The van der Waals surface area contributed by atoms with Crippen molar-refractivity contribution in [1.29, 1.82) is 0 Å². The van der Waals surface area contributed by atoms with Gasteiger partial charge in [-0.1, -0.05) is 11.2 Å². The highest BCUT2D eigenvalue weighted by atomic mass is 19.1. The summed E-state index contributed by atoms with van der Waals surface area (Å²) in [6.07, 6.45) is 1.61. The Morgan fingerprint density at radius 3 is 2.71 bits per heavy atom. The molecule has 6 heteroatoms. The SMILES string of the molecule is CC(O)C1CCN(Cc2ccc(F)cc2/C(N)=N/O)CC1. The number of aliphatic hydroxyl groups excluding tert-OH is 1. The Morgan fingerprint density at radius 2 is 2.14 bits per heavy atom. The van der Waals surface area contributed by atoms with Crippen LogP contribution in [-0.2, 0) is 6.54 Å². The number of nitrogens with two attached hydrogens (primary N) is 1. The lowest BCUT2D eigenvalue weighted by atomic mass is 9.92. The zero-order valence-corrected chi connectivity index (χ0v) is 12.2. The largest absolute Gasteiger partial charge is 0.409 e. The molecule has 0 aliphatic carbocycles. The van der Waals surface area contributed by atoms with E-state index in [1.807, 2.05) is 6.92 Å². The third-order valence-corrected chi connectivity index (χ3v) is 4.16. The van der Waals surface area contributed by atoms with Gasteiger partial charge in [-0.05, 0) is 56.5 Å². The second kappa shape index (κ2) is 6.87. The van der Waals surface area contributed by atoms with Crippen molar-refractivity contribution in [3.8, 4) is 0 Å². The summed E-state index contributed by atoms with van der Waals surface area (Å²) in [4.78, 5) is 2.24. The number of rotatable bonds is 4. The monoisotopic (exact) mass is 295 g/mol. The Morgan fingerprint density at radius 1 is 1.48 bits per heavy atom. The molecule has 0 spiro atoms. The molecule has 0 radical (unpaired) electrons. The Labute approximate surface area is 123 Å². The molecule has 1 aromatic carbocycles. The van der Waals surface area contributed by atoms with Crippen LogP contribution in [0.15, 0.2) is 23.4 Å². The maximum atomic E-state index is 13.3. The molecule has 5 nitrogen and oxygen atoms in total.